The van der Waals surface area contributed by atoms with Gasteiger partial charge in [-0.2, -0.15) is 0 Å². The fourth-order valence-electron chi connectivity index (χ4n) is 3.94. The second kappa shape index (κ2) is 8.25. The van der Waals surface area contributed by atoms with Crippen molar-refractivity contribution in [2.45, 2.75) is 37.0 Å². The molecule has 0 spiro atoms. The number of hydrogen-bond donors (Lipinski definition) is 2. The van der Waals surface area contributed by atoms with Crippen molar-refractivity contribution >= 4 is 11.9 Å². The van der Waals surface area contributed by atoms with Gasteiger partial charge in [0.2, 0.25) is 5.91 Å². The Hall–Kier alpha value is -2.82. The Morgan fingerprint density at radius 2 is 1.81 bits per heavy atom. The zero-order valence-electron chi connectivity index (χ0n) is 15.5. The van der Waals surface area contributed by atoms with Crippen LogP contribution in [-0.4, -0.2) is 30.6 Å². The highest BCUT2D eigenvalue weighted by atomic mass is 16.5. The topological polar surface area (TPSA) is 75.6 Å². The van der Waals surface area contributed by atoms with Crippen molar-refractivity contribution in [3.63, 3.8) is 0 Å². The summed E-state index contributed by atoms with van der Waals surface area (Å²) in [7, 11) is 1.61. The number of hydrogen-bond acceptors (Lipinski definition) is 3. The van der Waals surface area contributed by atoms with E-state index in [4.69, 9.17) is 4.74 Å². The molecule has 27 heavy (non-hydrogen) atoms. The lowest BCUT2D eigenvalue weighted by molar-refractivity contribution is -0.138. The van der Waals surface area contributed by atoms with Crippen molar-refractivity contribution in [1.82, 2.24) is 5.32 Å². The maximum absolute atomic E-state index is 13.2. The molecule has 0 radical (unpaired) electrons. The van der Waals surface area contributed by atoms with E-state index in [1.165, 1.54) is 0 Å². The maximum Gasteiger partial charge on any atom is 0.312 e. The molecule has 1 atom stereocenters. The van der Waals surface area contributed by atoms with Crippen LogP contribution in [0.5, 0.6) is 5.75 Å². The second-order valence-corrected chi connectivity index (χ2v) is 7.03. The third-order valence-corrected chi connectivity index (χ3v) is 5.48. The van der Waals surface area contributed by atoms with Gasteiger partial charge >= 0.3 is 5.97 Å². The summed E-state index contributed by atoms with van der Waals surface area (Å²) in [5.41, 5.74) is 1.00. The molecule has 1 aliphatic carbocycles. The van der Waals surface area contributed by atoms with Crippen molar-refractivity contribution < 1.29 is 19.4 Å². The molecule has 1 amide bonds. The number of carboxylic acids is 1. The number of carboxylic acid groups (broad SMARTS) is 1. The Balaban J connectivity index is 1.80. The smallest absolute Gasteiger partial charge is 0.312 e. The highest BCUT2D eigenvalue weighted by molar-refractivity contribution is 5.89. The van der Waals surface area contributed by atoms with Gasteiger partial charge in [-0.05, 0) is 36.1 Å². The number of rotatable bonds is 7. The normalized spacial score (nSPS) is 16.5. The average Bonchev–Trinajstić information content (AvgIpc) is 3.20. The molecule has 5 nitrogen and oxygen atoms in total. The highest BCUT2D eigenvalue weighted by Gasteiger charge is 2.43. The number of amides is 1. The minimum absolute atomic E-state index is 0.0733. The monoisotopic (exact) mass is 367 g/mol. The van der Waals surface area contributed by atoms with Crippen LogP contribution in [0.1, 0.15) is 42.7 Å². The van der Waals surface area contributed by atoms with E-state index in [-0.39, 0.29) is 12.5 Å². The van der Waals surface area contributed by atoms with Gasteiger partial charge in [0.25, 0.3) is 0 Å². The van der Waals surface area contributed by atoms with Crippen LogP contribution < -0.4 is 10.1 Å². The molecule has 142 valence electrons. The largest absolute Gasteiger partial charge is 0.497 e. The molecule has 5 heteroatoms. The van der Waals surface area contributed by atoms with E-state index in [0.717, 1.165) is 37.0 Å². The molecule has 0 aromatic heterocycles. The van der Waals surface area contributed by atoms with E-state index in [0.29, 0.717) is 5.56 Å². The lowest BCUT2D eigenvalue weighted by atomic mass is 9.77. The average molecular weight is 367 g/mol. The summed E-state index contributed by atoms with van der Waals surface area (Å²) in [6.45, 7) is 0.0733. The van der Waals surface area contributed by atoms with Crippen LogP contribution >= 0.6 is 0 Å². The van der Waals surface area contributed by atoms with Crippen molar-refractivity contribution in [3.05, 3.63) is 65.7 Å². The molecular weight excluding hydrogens is 342 g/mol. The quantitative estimate of drug-likeness (QED) is 0.785. The first-order valence-corrected chi connectivity index (χ1v) is 9.27. The maximum atomic E-state index is 13.2. The first kappa shape index (κ1) is 19.0. The van der Waals surface area contributed by atoms with Crippen LogP contribution in [0, 0.1) is 0 Å². The van der Waals surface area contributed by atoms with Gasteiger partial charge in [0.15, 0.2) is 0 Å². The first-order chi connectivity index (χ1) is 13.1. The van der Waals surface area contributed by atoms with E-state index in [9.17, 15) is 14.7 Å². The lowest BCUT2D eigenvalue weighted by Crippen LogP contribution is -2.44. The van der Waals surface area contributed by atoms with Crippen LogP contribution in [0.15, 0.2) is 54.6 Å². The van der Waals surface area contributed by atoms with Crippen LogP contribution in [0.2, 0.25) is 0 Å². The van der Waals surface area contributed by atoms with Gasteiger partial charge in [0.1, 0.15) is 5.75 Å². The Labute approximate surface area is 159 Å². The van der Waals surface area contributed by atoms with E-state index in [2.05, 4.69) is 5.32 Å². The van der Waals surface area contributed by atoms with E-state index >= 15 is 0 Å². The summed E-state index contributed by atoms with van der Waals surface area (Å²) in [6.07, 6.45) is 3.47. The Morgan fingerprint density at radius 1 is 1.11 bits per heavy atom. The number of ether oxygens (including phenoxy) is 1. The van der Waals surface area contributed by atoms with Crippen LogP contribution in [0.25, 0.3) is 0 Å². The first-order valence-electron chi connectivity index (χ1n) is 9.27. The van der Waals surface area contributed by atoms with Gasteiger partial charge in [-0.25, -0.2) is 0 Å². The Bertz CT molecular complexity index is 797. The van der Waals surface area contributed by atoms with Gasteiger partial charge in [-0.15, -0.1) is 0 Å². The standard InChI is InChI=1S/C22H25NO4/c1-27-18-11-7-10-17(14-18)22(12-5-6-13-22)21(26)23-15-19(20(24)25)16-8-3-2-4-9-16/h2-4,7-11,14,19H,5-6,12-13,15H2,1H3,(H,23,26)(H,24,25). The molecule has 1 saturated carbocycles. The van der Waals surface area contributed by atoms with Crippen LogP contribution in [0.3, 0.4) is 0 Å². The summed E-state index contributed by atoms with van der Waals surface area (Å²) in [5.74, 6) is -1.09. The third-order valence-electron chi connectivity index (χ3n) is 5.48. The molecule has 1 fully saturated rings. The molecule has 2 aromatic rings. The minimum atomic E-state index is -0.941. The molecular formula is C22H25NO4. The molecule has 0 aliphatic heterocycles. The van der Waals surface area contributed by atoms with Crippen molar-refractivity contribution in [3.8, 4) is 5.75 Å². The van der Waals surface area contributed by atoms with Crippen molar-refractivity contribution in [1.29, 1.82) is 0 Å². The summed E-state index contributed by atoms with van der Waals surface area (Å²) in [4.78, 5) is 24.9. The highest BCUT2D eigenvalue weighted by Crippen LogP contribution is 2.42. The van der Waals surface area contributed by atoms with E-state index in [1.807, 2.05) is 42.5 Å². The molecule has 2 N–H and O–H groups in total. The van der Waals surface area contributed by atoms with Gasteiger partial charge in [-0.3, -0.25) is 9.59 Å². The summed E-state index contributed by atoms with van der Waals surface area (Å²) >= 11 is 0. The van der Waals surface area contributed by atoms with Crippen molar-refractivity contribution in [2.24, 2.45) is 0 Å². The SMILES string of the molecule is COc1cccc(C2(C(=O)NCC(C(=O)O)c3ccccc3)CCCC2)c1. The molecule has 1 unspecified atom stereocenters. The zero-order chi connectivity index (χ0) is 19.3. The summed E-state index contributed by atoms with van der Waals surface area (Å²) < 4.78 is 5.32. The second-order valence-electron chi connectivity index (χ2n) is 7.03. The molecule has 0 saturated heterocycles. The number of nitrogens with one attached hydrogen (secondary N) is 1. The van der Waals surface area contributed by atoms with Gasteiger partial charge < -0.3 is 15.2 Å². The zero-order valence-corrected chi connectivity index (χ0v) is 15.5. The number of methoxy groups -OCH3 is 1. The van der Waals surface area contributed by atoms with E-state index < -0.39 is 17.3 Å². The molecule has 3 rings (SSSR count). The number of carbonyl (C=O) groups excluding carboxylic acids is 1. The van der Waals surface area contributed by atoms with Crippen molar-refractivity contribution in [2.75, 3.05) is 13.7 Å². The Morgan fingerprint density at radius 3 is 2.44 bits per heavy atom. The number of carbonyl (C=O) groups is 2. The van der Waals surface area contributed by atoms with Crippen LogP contribution in [-0.2, 0) is 15.0 Å². The number of benzene rings is 2. The Kier molecular flexibility index (Phi) is 5.79. The predicted octanol–water partition coefficient (Wildman–Crippen LogP) is 3.49. The molecule has 0 bridgehead atoms. The third kappa shape index (κ3) is 3.97. The predicted molar refractivity (Wildman–Crippen MR) is 103 cm³/mol. The lowest BCUT2D eigenvalue weighted by Gasteiger charge is -2.29. The number of aliphatic carboxylic acids is 1. The molecule has 2 aromatic carbocycles. The molecule has 1 aliphatic rings. The summed E-state index contributed by atoms with van der Waals surface area (Å²) in [5, 5.41) is 12.5. The molecule has 0 heterocycles. The fourth-order valence-corrected chi connectivity index (χ4v) is 3.94. The van der Waals surface area contributed by atoms with Gasteiger partial charge in [0, 0.05) is 6.54 Å². The van der Waals surface area contributed by atoms with Crippen LogP contribution in [0.4, 0.5) is 0 Å². The van der Waals surface area contributed by atoms with E-state index in [1.54, 1.807) is 19.2 Å². The van der Waals surface area contributed by atoms with Gasteiger partial charge in [0.05, 0.1) is 18.4 Å². The minimum Gasteiger partial charge on any atom is -0.497 e. The fraction of sp³-hybridized carbons (Fsp3) is 0.364. The van der Waals surface area contributed by atoms with Gasteiger partial charge in [-0.1, -0.05) is 55.3 Å². The summed E-state index contributed by atoms with van der Waals surface area (Å²) in [6, 6.07) is 16.6.